The van der Waals surface area contributed by atoms with Gasteiger partial charge in [0.2, 0.25) is 8.32 Å². The molecule has 1 aliphatic rings. The lowest BCUT2D eigenvalue weighted by atomic mass is 9.99. The third-order valence-electron chi connectivity index (χ3n) is 3.07. The first-order valence-electron chi connectivity index (χ1n) is 7.04. The van der Waals surface area contributed by atoms with Crippen LogP contribution in [-0.4, -0.2) is 14.4 Å². The first-order valence-corrected chi connectivity index (χ1v) is 10.5. The van der Waals surface area contributed by atoms with Crippen LogP contribution in [0.2, 0.25) is 19.6 Å². The summed E-state index contributed by atoms with van der Waals surface area (Å²) in [6, 6.07) is 0. The molecule has 18 heavy (non-hydrogen) atoms. The van der Waals surface area contributed by atoms with E-state index in [-0.39, 0.29) is 6.10 Å². The predicted molar refractivity (Wildman–Crippen MR) is 79.9 cm³/mol. The normalized spacial score (nSPS) is 22.1. The van der Waals surface area contributed by atoms with E-state index in [4.69, 9.17) is 9.16 Å². The van der Waals surface area contributed by atoms with Crippen molar-refractivity contribution < 1.29 is 9.16 Å². The first-order chi connectivity index (χ1) is 8.31. The summed E-state index contributed by atoms with van der Waals surface area (Å²) in [6.45, 7) is 13.0. The molecule has 0 radical (unpaired) electrons. The summed E-state index contributed by atoms with van der Waals surface area (Å²) in [7, 11) is -1.60. The van der Waals surface area contributed by atoms with Gasteiger partial charge in [-0.15, -0.1) is 0 Å². The van der Waals surface area contributed by atoms with E-state index in [0.717, 1.165) is 18.8 Å². The Bertz CT molecular complexity index is 337. The zero-order valence-corrected chi connectivity index (χ0v) is 13.8. The minimum atomic E-state index is -1.60. The van der Waals surface area contributed by atoms with Crippen molar-refractivity contribution in [2.24, 2.45) is 0 Å². The second-order valence-corrected chi connectivity index (χ2v) is 10.6. The highest BCUT2D eigenvalue weighted by atomic mass is 28.4. The molecule has 0 N–H and O–H groups in total. The van der Waals surface area contributed by atoms with E-state index in [2.05, 4.69) is 46.5 Å². The highest BCUT2D eigenvalue weighted by Gasteiger charge is 2.22. The van der Waals surface area contributed by atoms with E-state index in [0.29, 0.717) is 0 Å². The van der Waals surface area contributed by atoms with Gasteiger partial charge in [0.05, 0.1) is 0 Å². The molecule has 0 saturated heterocycles. The lowest BCUT2D eigenvalue weighted by Gasteiger charge is -2.28. The molecule has 0 aromatic heterocycles. The van der Waals surface area contributed by atoms with Gasteiger partial charge in [-0.3, -0.25) is 0 Å². The second-order valence-electron chi connectivity index (χ2n) is 6.20. The van der Waals surface area contributed by atoms with Crippen LogP contribution in [0.3, 0.4) is 0 Å². The Morgan fingerprint density at radius 1 is 1.39 bits per heavy atom. The molecule has 2 nitrogen and oxygen atoms in total. The maximum atomic E-state index is 6.11. The third kappa shape index (κ3) is 5.30. The van der Waals surface area contributed by atoms with E-state index in [1.54, 1.807) is 0 Å². The van der Waals surface area contributed by atoms with E-state index in [1.165, 1.54) is 24.0 Å². The van der Waals surface area contributed by atoms with E-state index >= 15 is 0 Å². The summed E-state index contributed by atoms with van der Waals surface area (Å²) in [6.07, 6.45) is 6.97. The smallest absolute Gasteiger partial charge is 0.264 e. The Morgan fingerprint density at radius 2 is 2.06 bits per heavy atom. The van der Waals surface area contributed by atoms with Crippen LogP contribution in [0.25, 0.3) is 0 Å². The SMILES string of the molecule is CC/C(C)=C(/O[C@@H]1C=C(C)CCC1)O[Si](C)(C)C. The molecule has 0 heterocycles. The molecular weight excluding hydrogens is 240 g/mol. The summed E-state index contributed by atoms with van der Waals surface area (Å²) < 4.78 is 12.2. The van der Waals surface area contributed by atoms with Crippen LogP contribution >= 0.6 is 0 Å². The monoisotopic (exact) mass is 268 g/mol. The molecular formula is C15H28O2Si. The fourth-order valence-corrected chi connectivity index (χ4v) is 2.71. The van der Waals surface area contributed by atoms with Crippen molar-refractivity contribution in [3.63, 3.8) is 0 Å². The first kappa shape index (κ1) is 15.4. The Hall–Kier alpha value is -0.703. The summed E-state index contributed by atoms with van der Waals surface area (Å²) in [5.41, 5.74) is 2.65. The largest absolute Gasteiger partial charge is 0.520 e. The highest BCUT2D eigenvalue weighted by molar-refractivity contribution is 6.70. The Labute approximate surface area is 113 Å². The zero-order chi connectivity index (χ0) is 13.8. The number of hydrogen-bond acceptors (Lipinski definition) is 2. The van der Waals surface area contributed by atoms with Crippen molar-refractivity contribution in [1.82, 2.24) is 0 Å². The van der Waals surface area contributed by atoms with Gasteiger partial charge in [-0.05, 0) is 65.2 Å². The molecule has 0 aromatic rings. The van der Waals surface area contributed by atoms with Crippen molar-refractivity contribution in [2.75, 3.05) is 0 Å². The number of hydrogen-bond donors (Lipinski definition) is 0. The molecule has 0 saturated carbocycles. The van der Waals surface area contributed by atoms with Crippen LogP contribution in [0.1, 0.15) is 46.5 Å². The minimum Gasteiger partial charge on any atom is -0.520 e. The molecule has 0 spiro atoms. The molecule has 1 atom stereocenters. The van der Waals surface area contributed by atoms with Crippen molar-refractivity contribution in [1.29, 1.82) is 0 Å². The average molecular weight is 268 g/mol. The average Bonchev–Trinajstić information content (AvgIpc) is 2.25. The summed E-state index contributed by atoms with van der Waals surface area (Å²) in [5.74, 6) is 0.785. The lowest BCUT2D eigenvalue weighted by Crippen LogP contribution is -2.28. The molecule has 1 aliphatic carbocycles. The Kier molecular flexibility index (Phi) is 5.51. The van der Waals surface area contributed by atoms with Crippen molar-refractivity contribution in [3.05, 3.63) is 23.2 Å². The van der Waals surface area contributed by atoms with Gasteiger partial charge in [0, 0.05) is 5.57 Å². The number of ether oxygens (including phenoxy) is 1. The quantitative estimate of drug-likeness (QED) is 0.397. The van der Waals surface area contributed by atoms with E-state index < -0.39 is 8.32 Å². The Balaban J connectivity index is 2.77. The van der Waals surface area contributed by atoms with E-state index in [1.807, 2.05) is 0 Å². The Morgan fingerprint density at radius 3 is 2.56 bits per heavy atom. The molecule has 3 heteroatoms. The van der Waals surface area contributed by atoms with Gasteiger partial charge >= 0.3 is 0 Å². The van der Waals surface area contributed by atoms with Crippen LogP contribution in [0.15, 0.2) is 23.2 Å². The van der Waals surface area contributed by atoms with Crippen LogP contribution in [0, 0.1) is 0 Å². The summed E-state index contributed by atoms with van der Waals surface area (Å²) in [5, 5.41) is 0. The minimum absolute atomic E-state index is 0.201. The molecule has 0 aromatic carbocycles. The van der Waals surface area contributed by atoms with Gasteiger partial charge in [0.1, 0.15) is 6.10 Å². The fraction of sp³-hybridized carbons (Fsp3) is 0.733. The number of rotatable bonds is 5. The molecule has 1 rings (SSSR count). The molecule has 0 aliphatic heterocycles. The standard InChI is InChI=1S/C15H28O2Si/c1-7-13(3)15(17-18(4,5)6)16-14-10-8-9-12(2)11-14/h11,14H,7-10H2,1-6H3/b15-13-/t14-/m0/s1. The lowest BCUT2D eigenvalue weighted by molar-refractivity contribution is 0.0528. The maximum Gasteiger partial charge on any atom is 0.264 e. The molecule has 104 valence electrons. The van der Waals surface area contributed by atoms with Gasteiger partial charge in [-0.25, -0.2) is 0 Å². The summed E-state index contributed by atoms with van der Waals surface area (Å²) >= 11 is 0. The predicted octanol–water partition coefficient (Wildman–Crippen LogP) is 4.99. The van der Waals surface area contributed by atoms with Crippen LogP contribution < -0.4 is 0 Å². The van der Waals surface area contributed by atoms with Crippen molar-refractivity contribution >= 4 is 8.32 Å². The van der Waals surface area contributed by atoms with Crippen molar-refractivity contribution in [3.8, 4) is 0 Å². The number of allylic oxidation sites excluding steroid dienone is 2. The van der Waals surface area contributed by atoms with Crippen LogP contribution in [0.4, 0.5) is 0 Å². The van der Waals surface area contributed by atoms with Gasteiger partial charge in [-0.2, -0.15) is 0 Å². The van der Waals surface area contributed by atoms with Gasteiger partial charge in [0.25, 0.3) is 5.95 Å². The second kappa shape index (κ2) is 6.46. The molecule has 0 fully saturated rings. The molecule has 0 bridgehead atoms. The van der Waals surface area contributed by atoms with Crippen LogP contribution in [-0.2, 0) is 9.16 Å². The van der Waals surface area contributed by atoms with Crippen LogP contribution in [0.5, 0.6) is 0 Å². The van der Waals surface area contributed by atoms with Gasteiger partial charge in [-0.1, -0.05) is 12.5 Å². The maximum absolute atomic E-state index is 6.11. The van der Waals surface area contributed by atoms with E-state index in [9.17, 15) is 0 Å². The highest BCUT2D eigenvalue weighted by Crippen LogP contribution is 2.25. The third-order valence-corrected chi connectivity index (χ3v) is 3.86. The summed E-state index contributed by atoms with van der Waals surface area (Å²) in [4.78, 5) is 0. The molecule has 0 amide bonds. The van der Waals surface area contributed by atoms with Crippen molar-refractivity contribution in [2.45, 2.75) is 72.2 Å². The zero-order valence-electron chi connectivity index (χ0n) is 12.8. The van der Waals surface area contributed by atoms with Gasteiger partial charge < -0.3 is 9.16 Å². The molecule has 0 unspecified atom stereocenters. The fourth-order valence-electron chi connectivity index (χ4n) is 1.93. The topological polar surface area (TPSA) is 18.5 Å². The van der Waals surface area contributed by atoms with Gasteiger partial charge in [0.15, 0.2) is 0 Å².